The summed E-state index contributed by atoms with van der Waals surface area (Å²) in [6, 6.07) is 23.1. The van der Waals surface area contributed by atoms with Gasteiger partial charge in [-0.1, -0.05) is 48.5 Å². The normalized spacial score (nSPS) is 14.7. The Morgan fingerprint density at radius 2 is 1.59 bits per heavy atom. The van der Waals surface area contributed by atoms with Gasteiger partial charge in [-0.15, -0.1) is 0 Å². The van der Waals surface area contributed by atoms with E-state index in [1.165, 1.54) is 17.7 Å². The second-order valence-corrected chi connectivity index (χ2v) is 9.81. The molecule has 6 nitrogen and oxygen atoms in total. The Balaban J connectivity index is 0.00000220. The minimum Gasteiger partial charge on any atom is -1.00 e. The van der Waals surface area contributed by atoms with E-state index < -0.39 is 5.97 Å². The molecular weight excluding hydrogens is 502 g/mol. The number of hydrogen-bond acceptors (Lipinski definition) is 4. The summed E-state index contributed by atoms with van der Waals surface area (Å²) < 4.78 is 15.7. The van der Waals surface area contributed by atoms with Crippen LogP contribution in [-0.4, -0.2) is 58.3 Å². The molecule has 4 aromatic rings. The van der Waals surface area contributed by atoms with Crippen molar-refractivity contribution in [1.29, 1.82) is 0 Å². The number of aromatic nitrogens is 2. The smallest absolute Gasteiger partial charge is 1.00 e. The molecule has 0 atom stereocenters. The van der Waals surface area contributed by atoms with Crippen LogP contribution in [0.2, 0.25) is 0 Å². The second kappa shape index (κ2) is 13.9. The van der Waals surface area contributed by atoms with Crippen molar-refractivity contribution in [1.82, 2.24) is 14.5 Å². The first-order valence-corrected chi connectivity index (χ1v) is 13.2. The number of carbonyl (C=O) groups is 1. The van der Waals surface area contributed by atoms with Crippen molar-refractivity contribution in [2.24, 2.45) is 0 Å². The van der Waals surface area contributed by atoms with E-state index in [0.29, 0.717) is 6.54 Å². The number of fused-ring (bicyclic) bond motifs is 1. The average Bonchev–Trinajstić information content (AvgIpc) is 3.27. The Hall–Kier alpha value is -2.97. The van der Waals surface area contributed by atoms with E-state index in [1.807, 2.05) is 36.4 Å². The second-order valence-electron chi connectivity index (χ2n) is 9.81. The fourth-order valence-corrected chi connectivity index (χ4v) is 5.10. The van der Waals surface area contributed by atoms with Crippen LogP contribution < -0.4 is 34.5 Å². The number of aliphatic carboxylic acids is 1. The van der Waals surface area contributed by atoms with Crippen LogP contribution in [0.25, 0.3) is 17.1 Å². The number of para-hydroxylation sites is 2. The molecule has 1 N–H and O–H groups in total. The van der Waals surface area contributed by atoms with Crippen molar-refractivity contribution in [3.05, 3.63) is 101 Å². The van der Waals surface area contributed by atoms with Gasteiger partial charge in [-0.05, 0) is 79.4 Å². The van der Waals surface area contributed by atoms with Crippen molar-refractivity contribution in [3.63, 3.8) is 0 Å². The van der Waals surface area contributed by atoms with Crippen LogP contribution in [0.1, 0.15) is 31.0 Å². The number of anilines is 1. The van der Waals surface area contributed by atoms with Crippen LogP contribution in [0.4, 0.5) is 10.3 Å². The van der Waals surface area contributed by atoms with Crippen molar-refractivity contribution >= 4 is 29.0 Å². The zero-order valence-electron chi connectivity index (χ0n) is 23.5. The molecule has 0 bridgehead atoms. The Bertz CT molecular complexity index is 1400. The number of imidazole rings is 1. The number of carboxylic acids is 1. The van der Waals surface area contributed by atoms with Gasteiger partial charge in [0.1, 0.15) is 5.82 Å². The fourth-order valence-electron chi connectivity index (χ4n) is 5.10. The van der Waals surface area contributed by atoms with Crippen molar-refractivity contribution in [2.45, 2.75) is 25.8 Å². The maximum absolute atomic E-state index is 13.5. The van der Waals surface area contributed by atoms with Crippen molar-refractivity contribution in [3.8, 4) is 0 Å². The summed E-state index contributed by atoms with van der Waals surface area (Å²) in [5.41, 5.74) is 5.29. The van der Waals surface area contributed by atoms with Crippen molar-refractivity contribution < 1.29 is 45.3 Å². The summed E-state index contributed by atoms with van der Waals surface area (Å²) in [5.74, 6) is -0.168. The Morgan fingerprint density at radius 1 is 0.923 bits per heavy atom. The zero-order valence-corrected chi connectivity index (χ0v) is 24.5. The van der Waals surface area contributed by atoms with E-state index in [9.17, 15) is 9.18 Å². The molecule has 1 aromatic heterocycles. The number of halogens is 1. The number of carboxylic acid groups (broad SMARTS) is 1. The molecule has 0 radical (unpaired) electrons. The molecular formula is C31H34FN4NaO2. The first kappa shape index (κ1) is 29.0. The molecule has 8 heteroatoms. The molecule has 1 aliphatic rings. The molecule has 198 valence electrons. The largest absolute Gasteiger partial charge is 1.00 e. The van der Waals surface area contributed by atoms with Crippen LogP contribution >= 0.6 is 0 Å². The van der Waals surface area contributed by atoms with E-state index in [1.54, 1.807) is 6.08 Å². The van der Waals surface area contributed by atoms with Gasteiger partial charge in [-0.25, -0.2) is 14.2 Å². The summed E-state index contributed by atoms with van der Waals surface area (Å²) in [4.78, 5) is 20.7. The van der Waals surface area contributed by atoms with Gasteiger partial charge in [0.05, 0.1) is 17.6 Å². The SMILES string of the molecule is O=C(O)C=Cc1ccc(CCN2CCCN(c3nc4ccccc4n3Cc3ccc(F)cc3)CCC2)cc1.[H-].[Na+]. The van der Waals surface area contributed by atoms with Gasteiger partial charge in [0.2, 0.25) is 5.95 Å². The summed E-state index contributed by atoms with van der Waals surface area (Å²) in [6.45, 7) is 5.61. The molecule has 3 aromatic carbocycles. The van der Waals surface area contributed by atoms with Gasteiger partial charge in [-0.3, -0.25) is 0 Å². The average molecular weight is 537 g/mol. The molecule has 5 rings (SSSR count). The maximum Gasteiger partial charge on any atom is 1.00 e. The quantitative estimate of drug-likeness (QED) is 0.277. The topological polar surface area (TPSA) is 61.6 Å². The van der Waals surface area contributed by atoms with Gasteiger partial charge >= 0.3 is 35.5 Å². The maximum atomic E-state index is 13.5. The van der Waals surface area contributed by atoms with Gasteiger partial charge in [0, 0.05) is 25.7 Å². The molecule has 0 aliphatic carbocycles. The third kappa shape index (κ3) is 7.79. The Labute approximate surface area is 252 Å². The Morgan fingerprint density at radius 3 is 2.28 bits per heavy atom. The minimum atomic E-state index is -0.935. The van der Waals surface area contributed by atoms with E-state index in [2.05, 4.69) is 38.6 Å². The van der Waals surface area contributed by atoms with Gasteiger partial charge < -0.3 is 20.9 Å². The molecule has 1 aliphatic heterocycles. The molecule has 0 unspecified atom stereocenters. The fraction of sp³-hybridized carbons (Fsp3) is 0.290. The zero-order chi connectivity index (χ0) is 26.3. The molecule has 1 fully saturated rings. The monoisotopic (exact) mass is 536 g/mol. The predicted molar refractivity (Wildman–Crippen MR) is 151 cm³/mol. The van der Waals surface area contributed by atoms with Crippen LogP contribution in [0.3, 0.4) is 0 Å². The molecule has 0 spiro atoms. The first-order chi connectivity index (χ1) is 18.5. The summed E-state index contributed by atoms with van der Waals surface area (Å²) in [5, 5.41) is 8.79. The van der Waals surface area contributed by atoms with Crippen LogP contribution in [0.5, 0.6) is 0 Å². The van der Waals surface area contributed by atoms with Crippen LogP contribution in [0.15, 0.2) is 78.9 Å². The van der Waals surface area contributed by atoms with Crippen molar-refractivity contribution in [2.75, 3.05) is 37.6 Å². The van der Waals surface area contributed by atoms with Crippen LogP contribution in [-0.2, 0) is 17.8 Å². The van der Waals surface area contributed by atoms with Gasteiger partial charge in [0.25, 0.3) is 0 Å². The Kier molecular flexibility index (Phi) is 10.3. The molecule has 0 amide bonds. The standard InChI is InChI=1S/C31H33FN4O2.Na.H/c32-27-14-11-26(12-15-27)23-36-29-6-2-1-5-28(29)33-31(36)35-20-3-18-34(19-4-21-35)22-17-25-9-7-24(8-10-25)13-16-30(37)38;;/h1-2,5-16H,3-4,17-23H2,(H,37,38);;/q;+1;-1. The van der Waals surface area contributed by atoms with E-state index in [-0.39, 0.29) is 36.8 Å². The van der Waals surface area contributed by atoms with E-state index >= 15 is 0 Å². The van der Waals surface area contributed by atoms with E-state index in [4.69, 9.17) is 10.1 Å². The summed E-state index contributed by atoms with van der Waals surface area (Å²) in [7, 11) is 0. The third-order valence-corrected chi connectivity index (χ3v) is 7.09. The predicted octanol–water partition coefficient (Wildman–Crippen LogP) is 2.58. The number of benzene rings is 3. The molecule has 2 heterocycles. The van der Waals surface area contributed by atoms with Gasteiger partial charge in [-0.2, -0.15) is 0 Å². The van der Waals surface area contributed by atoms with Gasteiger partial charge in [0.15, 0.2) is 0 Å². The molecule has 0 saturated carbocycles. The first-order valence-electron chi connectivity index (χ1n) is 13.2. The number of hydrogen-bond donors (Lipinski definition) is 1. The number of rotatable bonds is 8. The molecule has 39 heavy (non-hydrogen) atoms. The summed E-state index contributed by atoms with van der Waals surface area (Å²) in [6.07, 6.45) is 5.86. The third-order valence-electron chi connectivity index (χ3n) is 7.09. The number of nitrogens with zero attached hydrogens (tertiary/aromatic N) is 4. The van der Waals surface area contributed by atoms with Crippen LogP contribution in [0, 0.1) is 5.82 Å². The minimum absolute atomic E-state index is 0. The molecule has 1 saturated heterocycles. The van der Waals surface area contributed by atoms with E-state index in [0.717, 1.165) is 86.2 Å². The summed E-state index contributed by atoms with van der Waals surface area (Å²) >= 11 is 0.